The molecule has 2 aromatic carbocycles. The molecule has 3 aliphatic rings. The molecule has 5 rings (SSSR count). The zero-order chi connectivity index (χ0) is 23.3. The molecular weight excluding hydrogens is 447 g/mol. The van der Waals surface area contributed by atoms with Crippen molar-refractivity contribution in [3.05, 3.63) is 63.2 Å². The number of ether oxygens (including phenoxy) is 1. The highest BCUT2D eigenvalue weighted by atomic mass is 31.2. The van der Waals surface area contributed by atoms with E-state index in [0.29, 0.717) is 29.7 Å². The van der Waals surface area contributed by atoms with Crippen molar-refractivity contribution in [1.29, 1.82) is 0 Å². The molecule has 2 fully saturated rings. The van der Waals surface area contributed by atoms with E-state index in [1.165, 1.54) is 11.0 Å². The lowest BCUT2D eigenvalue weighted by Gasteiger charge is -2.24. The number of nitrogens with zero attached hydrogens (tertiary/aromatic N) is 4. The molecule has 0 unspecified atom stereocenters. The molecule has 174 valence electrons. The molecule has 2 heterocycles. The first-order valence-electron chi connectivity index (χ1n) is 10.9. The van der Waals surface area contributed by atoms with E-state index in [-0.39, 0.29) is 17.3 Å². The van der Waals surface area contributed by atoms with E-state index >= 15 is 0 Å². The largest absolute Gasteiger partial charge is 0.450 e. The van der Waals surface area contributed by atoms with Crippen molar-refractivity contribution < 1.29 is 23.5 Å². The second-order valence-corrected chi connectivity index (χ2v) is 10.9. The van der Waals surface area contributed by atoms with Crippen LogP contribution in [-0.4, -0.2) is 65.3 Å². The van der Waals surface area contributed by atoms with Gasteiger partial charge in [-0.05, 0) is 42.7 Å². The molecule has 0 spiro atoms. The minimum absolute atomic E-state index is 0.145. The third-order valence-corrected chi connectivity index (χ3v) is 8.77. The second-order valence-electron chi connectivity index (χ2n) is 8.60. The second kappa shape index (κ2) is 8.22. The highest BCUT2D eigenvalue weighted by molar-refractivity contribution is 7.54. The van der Waals surface area contributed by atoms with Gasteiger partial charge in [-0.15, -0.1) is 0 Å². The molecule has 1 aliphatic carbocycles. The van der Waals surface area contributed by atoms with E-state index in [2.05, 4.69) is 0 Å². The molecule has 2 aliphatic heterocycles. The monoisotopic (exact) mass is 472 g/mol. The Kier molecular flexibility index (Phi) is 5.49. The third kappa shape index (κ3) is 4.15. The molecule has 2 aromatic rings. The van der Waals surface area contributed by atoms with Gasteiger partial charge in [0.25, 0.3) is 5.91 Å². The Morgan fingerprint density at radius 1 is 1.15 bits per heavy atom. The summed E-state index contributed by atoms with van der Waals surface area (Å²) in [4.78, 5) is 25.1. The van der Waals surface area contributed by atoms with Crippen LogP contribution in [-0.2, 0) is 15.5 Å². The van der Waals surface area contributed by atoms with Crippen LogP contribution in [0.3, 0.4) is 0 Å². The van der Waals surface area contributed by atoms with Crippen LogP contribution >= 0.6 is 7.67 Å². The molecule has 2 saturated heterocycles. The lowest BCUT2D eigenvalue weighted by molar-refractivity contribution is -0.385. The Labute approximate surface area is 191 Å². The van der Waals surface area contributed by atoms with Crippen LogP contribution < -0.4 is 4.74 Å². The summed E-state index contributed by atoms with van der Waals surface area (Å²) >= 11 is 0. The fourth-order valence-corrected chi connectivity index (χ4v) is 6.49. The summed E-state index contributed by atoms with van der Waals surface area (Å²) in [6, 6.07) is 9.66. The summed E-state index contributed by atoms with van der Waals surface area (Å²) < 4.78 is 29.4. The molecule has 11 heteroatoms. The van der Waals surface area contributed by atoms with E-state index in [1.54, 1.807) is 44.4 Å². The predicted octanol–water partition coefficient (Wildman–Crippen LogP) is 3.83. The summed E-state index contributed by atoms with van der Waals surface area (Å²) in [5.74, 6) is 0.288. The van der Waals surface area contributed by atoms with Crippen LogP contribution in [0.25, 0.3) is 0 Å². The summed E-state index contributed by atoms with van der Waals surface area (Å²) in [6.45, 7) is 3.02. The van der Waals surface area contributed by atoms with Gasteiger partial charge >= 0.3 is 13.4 Å². The zero-order valence-corrected chi connectivity index (χ0v) is 19.4. The molecule has 0 saturated carbocycles. The summed E-state index contributed by atoms with van der Waals surface area (Å²) in [6.07, 6.45) is 0.655. The number of nitro benzene ring substituents is 1. The van der Waals surface area contributed by atoms with Gasteiger partial charge < -0.3 is 9.64 Å². The Morgan fingerprint density at radius 3 is 2.45 bits per heavy atom. The fourth-order valence-electron chi connectivity index (χ4n) is 4.13. The maximum Gasteiger partial charge on any atom is 0.346 e. The van der Waals surface area contributed by atoms with Crippen LogP contribution in [0, 0.1) is 10.1 Å². The SMILES string of the molecule is CN(C)C(=O)c1cccc(Oc2c([N+](=O)[O-])ccc3c2CC[C@H]3OP(=O)(N2CC2)N2CC2)c1. The number of carbonyl (C=O) groups is 1. The maximum atomic E-state index is 13.5. The number of benzene rings is 2. The Balaban J connectivity index is 1.47. The molecule has 0 radical (unpaired) electrons. The normalized spacial score (nSPS) is 19.8. The smallest absolute Gasteiger partial charge is 0.346 e. The predicted molar refractivity (Wildman–Crippen MR) is 121 cm³/mol. The number of hydrogen-bond donors (Lipinski definition) is 0. The van der Waals surface area contributed by atoms with Gasteiger partial charge in [-0.2, -0.15) is 0 Å². The average Bonchev–Trinajstić information content (AvgIpc) is 3.70. The van der Waals surface area contributed by atoms with Crippen molar-refractivity contribution in [3.63, 3.8) is 0 Å². The number of amides is 1. The van der Waals surface area contributed by atoms with E-state index < -0.39 is 18.7 Å². The summed E-state index contributed by atoms with van der Waals surface area (Å²) in [5, 5.41) is 11.8. The lowest BCUT2D eigenvalue weighted by atomic mass is 10.1. The summed E-state index contributed by atoms with van der Waals surface area (Å²) in [7, 11) is 0.270. The van der Waals surface area contributed by atoms with Crippen molar-refractivity contribution in [2.75, 3.05) is 40.3 Å². The van der Waals surface area contributed by atoms with Crippen LogP contribution in [0.5, 0.6) is 11.5 Å². The lowest BCUT2D eigenvalue weighted by Crippen LogP contribution is -2.21. The maximum absolute atomic E-state index is 13.5. The van der Waals surface area contributed by atoms with E-state index in [0.717, 1.165) is 31.7 Å². The number of rotatable bonds is 8. The first-order valence-corrected chi connectivity index (χ1v) is 12.4. The molecule has 0 bridgehead atoms. The van der Waals surface area contributed by atoms with Crippen molar-refractivity contribution in [2.24, 2.45) is 0 Å². The van der Waals surface area contributed by atoms with Crippen LogP contribution in [0.15, 0.2) is 36.4 Å². The minimum Gasteiger partial charge on any atom is -0.450 e. The number of carbonyl (C=O) groups excluding carboxylic acids is 1. The van der Waals surface area contributed by atoms with Crippen molar-refractivity contribution in [3.8, 4) is 11.5 Å². The quantitative estimate of drug-likeness (QED) is 0.247. The van der Waals surface area contributed by atoms with Gasteiger partial charge in [0.2, 0.25) is 5.75 Å². The molecule has 0 N–H and O–H groups in total. The molecule has 1 atom stereocenters. The molecule has 33 heavy (non-hydrogen) atoms. The summed E-state index contributed by atoms with van der Waals surface area (Å²) in [5.41, 5.74) is 1.72. The molecular formula is C22H25N4O6P. The van der Waals surface area contributed by atoms with Gasteiger partial charge in [0.1, 0.15) is 5.75 Å². The fraction of sp³-hybridized carbons (Fsp3) is 0.409. The number of hydrogen-bond acceptors (Lipinski definition) is 6. The van der Waals surface area contributed by atoms with Crippen LogP contribution in [0.4, 0.5) is 5.69 Å². The van der Waals surface area contributed by atoms with Crippen molar-refractivity contribution in [2.45, 2.75) is 18.9 Å². The molecule has 1 amide bonds. The van der Waals surface area contributed by atoms with Gasteiger partial charge in [0.05, 0.1) is 11.0 Å². The Hall–Kier alpha value is -2.78. The average molecular weight is 472 g/mol. The van der Waals surface area contributed by atoms with Gasteiger partial charge in [0, 0.05) is 57.5 Å². The first-order chi connectivity index (χ1) is 15.8. The van der Waals surface area contributed by atoms with Crippen LogP contribution in [0.1, 0.15) is 34.0 Å². The van der Waals surface area contributed by atoms with Crippen molar-refractivity contribution >= 4 is 19.3 Å². The highest BCUT2D eigenvalue weighted by Crippen LogP contribution is 2.64. The van der Waals surface area contributed by atoms with Gasteiger partial charge in [-0.25, -0.2) is 9.34 Å². The topological polar surface area (TPSA) is 105 Å². The third-order valence-electron chi connectivity index (χ3n) is 6.01. The Morgan fingerprint density at radius 2 is 1.85 bits per heavy atom. The van der Waals surface area contributed by atoms with Crippen LogP contribution in [0.2, 0.25) is 0 Å². The first kappa shape index (κ1) is 22.0. The molecule has 10 nitrogen and oxygen atoms in total. The van der Waals surface area contributed by atoms with Gasteiger partial charge in [-0.1, -0.05) is 6.07 Å². The van der Waals surface area contributed by atoms with E-state index in [4.69, 9.17) is 9.26 Å². The number of nitro groups is 1. The van der Waals surface area contributed by atoms with E-state index in [1.807, 2.05) is 9.34 Å². The van der Waals surface area contributed by atoms with Gasteiger partial charge in [-0.3, -0.25) is 24.0 Å². The van der Waals surface area contributed by atoms with E-state index in [9.17, 15) is 19.5 Å². The zero-order valence-electron chi connectivity index (χ0n) is 18.5. The molecule has 0 aromatic heterocycles. The van der Waals surface area contributed by atoms with Gasteiger partial charge in [0.15, 0.2) is 0 Å². The van der Waals surface area contributed by atoms with Crippen molar-refractivity contribution in [1.82, 2.24) is 14.2 Å². The standard InChI is InChI=1S/C22H25N4O6P/c1-23(2)22(27)15-4-3-5-16(14-15)31-21-18-7-9-20(17(18)6-8-19(21)26(28)29)32-33(30,24-10-11-24)25-12-13-25/h3-6,8,14,20H,7,9-13H2,1-2H3/t20-/m1/s1. The Bertz CT molecular complexity index is 1160. The minimum atomic E-state index is -3.04. The number of fused-ring (bicyclic) bond motifs is 1. The highest BCUT2D eigenvalue weighted by Gasteiger charge is 2.51.